The molecule has 2 fully saturated rings. The minimum Gasteiger partial charge on any atom is -0.336 e. The molecule has 4 rings (SSSR count). The molecule has 0 bridgehead atoms. The number of nitrogens with one attached hydrogen (secondary N) is 3. The lowest BCUT2D eigenvalue weighted by molar-refractivity contribution is -0.160. The van der Waals surface area contributed by atoms with Crippen LogP contribution in [-0.4, -0.2) is 56.5 Å². The summed E-state index contributed by atoms with van der Waals surface area (Å²) in [7, 11) is 0. The number of aromatic amines is 1. The fourth-order valence-electron chi connectivity index (χ4n) is 4.61. The zero-order valence-electron chi connectivity index (χ0n) is 18.3. The maximum absolute atomic E-state index is 13.7. The van der Waals surface area contributed by atoms with Crippen LogP contribution in [0.2, 0.25) is 5.02 Å². The van der Waals surface area contributed by atoms with Crippen LogP contribution in [0.1, 0.15) is 37.4 Å². The zero-order valence-corrected chi connectivity index (χ0v) is 19.0. The number of aryl methyl sites for hydroxylation is 1. The van der Waals surface area contributed by atoms with E-state index in [0.29, 0.717) is 5.69 Å². The van der Waals surface area contributed by atoms with Crippen molar-refractivity contribution in [2.75, 3.05) is 11.9 Å². The van der Waals surface area contributed by atoms with E-state index in [2.05, 4.69) is 26.0 Å². The van der Waals surface area contributed by atoms with Crippen LogP contribution in [0.25, 0.3) is 0 Å². The number of aromatic nitrogens is 3. The second kappa shape index (κ2) is 8.57. The van der Waals surface area contributed by atoms with Crippen LogP contribution in [0.4, 0.5) is 18.9 Å². The van der Waals surface area contributed by atoms with Gasteiger partial charge in [0.25, 0.3) is 5.92 Å². The van der Waals surface area contributed by atoms with Crippen LogP contribution in [0.15, 0.2) is 18.3 Å². The van der Waals surface area contributed by atoms with E-state index in [0.717, 1.165) is 0 Å². The molecule has 2 aliphatic rings. The van der Waals surface area contributed by atoms with Gasteiger partial charge < -0.3 is 15.5 Å². The summed E-state index contributed by atoms with van der Waals surface area (Å²) in [5.41, 5.74) is -0.815. The minimum atomic E-state index is -3.00. The number of halogens is 4. The van der Waals surface area contributed by atoms with Crippen molar-refractivity contribution >= 4 is 35.0 Å². The van der Waals surface area contributed by atoms with Gasteiger partial charge in [-0.3, -0.25) is 14.4 Å². The zero-order chi connectivity index (χ0) is 24.8. The summed E-state index contributed by atoms with van der Waals surface area (Å²) in [5.74, 6) is -6.62. The van der Waals surface area contributed by atoms with E-state index >= 15 is 0 Å². The lowest BCUT2D eigenvalue weighted by Gasteiger charge is -2.46. The molecule has 9 nitrogen and oxygen atoms in total. The third-order valence-electron chi connectivity index (χ3n) is 6.40. The van der Waals surface area contributed by atoms with Gasteiger partial charge in [0, 0.05) is 31.1 Å². The van der Waals surface area contributed by atoms with E-state index in [1.807, 2.05) is 0 Å². The van der Waals surface area contributed by atoms with Gasteiger partial charge in [0.05, 0.1) is 22.7 Å². The Bertz CT molecular complexity index is 1110. The maximum atomic E-state index is 13.7. The molecular weight excluding hydrogens is 477 g/mol. The number of hydrogen-bond donors (Lipinski definition) is 3. The van der Waals surface area contributed by atoms with Crippen molar-refractivity contribution < 1.29 is 27.6 Å². The number of carbonyl (C=O) groups is 3. The van der Waals surface area contributed by atoms with Crippen molar-refractivity contribution in [2.24, 2.45) is 5.92 Å². The fraction of sp³-hybridized carbons (Fsp3) is 0.476. The molecule has 3 amide bonds. The Morgan fingerprint density at radius 3 is 2.56 bits per heavy atom. The van der Waals surface area contributed by atoms with Gasteiger partial charge in [0.15, 0.2) is 0 Å². The van der Waals surface area contributed by atoms with Crippen LogP contribution >= 0.6 is 11.6 Å². The summed E-state index contributed by atoms with van der Waals surface area (Å²) in [6.07, 6.45) is 0.103. The lowest BCUT2D eigenvalue weighted by Crippen LogP contribution is -2.62. The predicted molar refractivity (Wildman–Crippen MR) is 114 cm³/mol. The highest BCUT2D eigenvalue weighted by atomic mass is 35.5. The normalized spacial score (nSPS) is 22.7. The fourth-order valence-corrected chi connectivity index (χ4v) is 4.88. The Balaban J connectivity index is 1.42. The number of hydrogen-bond acceptors (Lipinski definition) is 5. The first-order valence-corrected chi connectivity index (χ1v) is 10.9. The van der Waals surface area contributed by atoms with Gasteiger partial charge in [0.1, 0.15) is 11.5 Å². The van der Waals surface area contributed by atoms with Crippen molar-refractivity contribution in [1.29, 1.82) is 0 Å². The minimum absolute atomic E-state index is 0.111. The summed E-state index contributed by atoms with van der Waals surface area (Å²) in [6, 6.07) is 2.09. The molecule has 3 N–H and O–H groups in total. The smallest absolute Gasteiger partial charge is 0.312 e. The summed E-state index contributed by atoms with van der Waals surface area (Å²) >= 11 is 5.83. The molecule has 0 spiro atoms. The molecule has 13 heteroatoms. The Hall–Kier alpha value is -3.15. The van der Waals surface area contributed by atoms with Gasteiger partial charge in [-0.25, -0.2) is 13.2 Å². The Labute approximate surface area is 197 Å². The van der Waals surface area contributed by atoms with Crippen LogP contribution in [0, 0.1) is 18.7 Å². The quantitative estimate of drug-likeness (QED) is 0.559. The molecule has 2 heterocycles. The van der Waals surface area contributed by atoms with E-state index in [4.69, 9.17) is 11.6 Å². The number of amides is 3. The van der Waals surface area contributed by atoms with Crippen molar-refractivity contribution in [3.63, 3.8) is 0 Å². The van der Waals surface area contributed by atoms with Gasteiger partial charge in [-0.15, -0.1) is 0 Å². The van der Waals surface area contributed by atoms with E-state index < -0.39 is 59.8 Å². The standard InChI is InChI=1S/C21H22ClF3N6O3/c1-10-5-12(6-14(22)16(10)23)27-17(32)13-3-4-31(11(13)2)19(34)18(33)28-20(8-21(24,25)9-20)15-7-26-30-29-15/h5-7,11,13H,3-4,8-9H2,1-2H3,(H,27,32)(H,28,33)(H,26,29,30)/t11-,13+/m0/s1. The first-order valence-electron chi connectivity index (χ1n) is 10.6. The highest BCUT2D eigenvalue weighted by Crippen LogP contribution is 2.51. The molecule has 1 aromatic heterocycles. The lowest BCUT2D eigenvalue weighted by atomic mass is 9.71. The molecule has 34 heavy (non-hydrogen) atoms. The van der Waals surface area contributed by atoms with Crippen LogP contribution in [0.3, 0.4) is 0 Å². The molecular formula is C21H22ClF3N6O3. The first kappa shape index (κ1) is 24.0. The Morgan fingerprint density at radius 1 is 1.26 bits per heavy atom. The van der Waals surface area contributed by atoms with Gasteiger partial charge >= 0.3 is 11.8 Å². The van der Waals surface area contributed by atoms with Crippen molar-refractivity contribution in [3.05, 3.63) is 40.4 Å². The van der Waals surface area contributed by atoms with E-state index in [-0.39, 0.29) is 29.2 Å². The second-order valence-electron chi connectivity index (χ2n) is 8.81. The Morgan fingerprint density at radius 2 is 1.97 bits per heavy atom. The average molecular weight is 499 g/mol. The summed E-state index contributed by atoms with van der Waals surface area (Å²) in [4.78, 5) is 39.6. The number of rotatable bonds is 4. The molecule has 2 atom stereocenters. The van der Waals surface area contributed by atoms with E-state index in [1.165, 1.54) is 30.2 Å². The van der Waals surface area contributed by atoms with Crippen molar-refractivity contribution in [3.8, 4) is 0 Å². The number of nitrogens with zero attached hydrogens (tertiary/aromatic N) is 3. The summed E-state index contributed by atoms with van der Waals surface area (Å²) in [6.45, 7) is 3.26. The van der Waals surface area contributed by atoms with Gasteiger partial charge in [0.2, 0.25) is 5.91 Å². The van der Waals surface area contributed by atoms with E-state index in [9.17, 15) is 27.6 Å². The number of benzene rings is 1. The molecule has 1 saturated heterocycles. The second-order valence-corrected chi connectivity index (χ2v) is 9.22. The number of likely N-dealkylation sites (tertiary alicyclic amines) is 1. The Kier molecular flexibility index (Phi) is 6.05. The molecule has 0 radical (unpaired) electrons. The molecule has 182 valence electrons. The molecule has 1 aliphatic heterocycles. The van der Waals surface area contributed by atoms with E-state index in [1.54, 1.807) is 6.92 Å². The molecule has 1 aromatic carbocycles. The first-order chi connectivity index (χ1) is 15.9. The number of carbonyl (C=O) groups excluding carboxylic acids is 3. The molecule has 1 saturated carbocycles. The van der Waals surface area contributed by atoms with Gasteiger partial charge in [-0.2, -0.15) is 15.4 Å². The molecule has 0 unspecified atom stereocenters. The number of anilines is 1. The highest BCUT2D eigenvalue weighted by molar-refractivity contribution is 6.35. The highest BCUT2D eigenvalue weighted by Gasteiger charge is 2.60. The maximum Gasteiger partial charge on any atom is 0.312 e. The average Bonchev–Trinajstić information content (AvgIpc) is 3.40. The monoisotopic (exact) mass is 498 g/mol. The molecule has 1 aliphatic carbocycles. The van der Waals surface area contributed by atoms with Crippen LogP contribution in [0.5, 0.6) is 0 Å². The summed E-state index contributed by atoms with van der Waals surface area (Å²) < 4.78 is 41.0. The van der Waals surface area contributed by atoms with Crippen molar-refractivity contribution in [1.82, 2.24) is 25.6 Å². The number of H-pyrrole nitrogens is 1. The van der Waals surface area contributed by atoms with Gasteiger partial charge in [-0.1, -0.05) is 11.6 Å². The largest absolute Gasteiger partial charge is 0.336 e. The number of alkyl halides is 2. The van der Waals surface area contributed by atoms with Crippen LogP contribution in [-0.2, 0) is 19.9 Å². The SMILES string of the molecule is Cc1cc(NC(=O)[C@@H]2CCN(C(=O)C(=O)NC3(c4cn[nH]n4)CC(F)(F)C3)[C@H]2C)cc(Cl)c1F. The van der Waals surface area contributed by atoms with Crippen LogP contribution < -0.4 is 10.6 Å². The summed E-state index contributed by atoms with van der Waals surface area (Å²) in [5, 5.41) is 14.7. The third kappa shape index (κ3) is 4.33. The topological polar surface area (TPSA) is 120 Å². The molecule has 2 aromatic rings. The van der Waals surface area contributed by atoms with Crippen molar-refractivity contribution in [2.45, 2.75) is 50.6 Å². The van der Waals surface area contributed by atoms with Gasteiger partial charge in [-0.05, 0) is 38.0 Å². The third-order valence-corrected chi connectivity index (χ3v) is 6.68. The predicted octanol–water partition coefficient (Wildman–Crippen LogP) is 2.52.